The third kappa shape index (κ3) is 3.64. The zero-order chi connectivity index (χ0) is 30.0. The number of carbonyl (C=O) groups excluding carboxylic acids is 2. The highest BCUT2D eigenvalue weighted by atomic mass is 35.5. The second kappa shape index (κ2) is 9.57. The van der Waals surface area contributed by atoms with Crippen molar-refractivity contribution in [2.45, 2.75) is 11.3 Å². The minimum absolute atomic E-state index is 0.0719. The molecule has 0 unspecified atom stereocenters. The lowest BCUT2D eigenvalue weighted by Crippen LogP contribution is -2.54. The van der Waals surface area contributed by atoms with E-state index in [4.69, 9.17) is 11.6 Å². The average Bonchev–Trinajstić information content (AvgIpc) is 3.28. The molecule has 2 bridgehead atoms. The van der Waals surface area contributed by atoms with Crippen LogP contribution < -0.4 is 10.3 Å². The molecule has 1 fully saturated rings. The summed E-state index contributed by atoms with van der Waals surface area (Å²) in [5.41, 5.74) is 4.07. The predicted octanol–water partition coefficient (Wildman–Crippen LogP) is 5.81. The molecule has 1 N–H and O–H groups in total. The number of anilines is 2. The first kappa shape index (κ1) is 26.5. The summed E-state index contributed by atoms with van der Waals surface area (Å²) in [5.74, 6) is -2.82. The molecule has 4 aromatic rings. The maximum absolute atomic E-state index is 14.4. The van der Waals surface area contributed by atoms with Crippen molar-refractivity contribution < 1.29 is 19.4 Å². The van der Waals surface area contributed by atoms with Crippen LogP contribution in [0.1, 0.15) is 28.2 Å². The molecular weight excluding hydrogens is 574 g/mol. The van der Waals surface area contributed by atoms with E-state index in [0.717, 1.165) is 34.4 Å². The molecule has 0 spiro atoms. The quantitative estimate of drug-likeness (QED) is 0.128. The van der Waals surface area contributed by atoms with Crippen molar-refractivity contribution in [1.82, 2.24) is 0 Å². The minimum Gasteiger partial charge on any atom is -0.274 e. The summed E-state index contributed by atoms with van der Waals surface area (Å²) in [7, 11) is 0. The Hall–Kier alpha value is -5.42. The van der Waals surface area contributed by atoms with Crippen molar-refractivity contribution in [2.24, 2.45) is 16.9 Å². The molecule has 212 valence electrons. The maximum Gasteiger partial charge on any atom is 0.301 e. The first-order chi connectivity index (χ1) is 20.8. The fourth-order valence-corrected chi connectivity index (χ4v) is 7.22. The van der Waals surface area contributed by atoms with Gasteiger partial charge in [-0.15, -0.1) is 0 Å². The molecule has 3 aliphatic carbocycles. The molecular formula is C31H20ClN5O6. The molecule has 11 nitrogen and oxygen atoms in total. The van der Waals surface area contributed by atoms with Gasteiger partial charge in [0.25, 0.3) is 5.69 Å². The van der Waals surface area contributed by atoms with Gasteiger partial charge in [-0.3, -0.25) is 35.2 Å². The zero-order valence-electron chi connectivity index (χ0n) is 22.1. The van der Waals surface area contributed by atoms with Crippen LogP contribution >= 0.6 is 11.6 Å². The monoisotopic (exact) mass is 593 g/mol. The van der Waals surface area contributed by atoms with Crippen LogP contribution in [0.5, 0.6) is 0 Å². The standard InChI is InChI=1S/C31H20ClN5O6/c32-22-11-5-6-12-24(22)35-29(38)27-26-18-7-1-3-9-20(18)31(28(27)30(35)39,21-10-4-2-8-19(21)26)16-33-34-23-14-13-17(36(40)41)15-25(23)37(42)43/h1-16,26-28,34H/b33-16-/t26?,27-,28-,31?/m1/s1. The second-order valence-electron chi connectivity index (χ2n) is 10.6. The van der Waals surface area contributed by atoms with Crippen LogP contribution in [0.2, 0.25) is 5.02 Å². The van der Waals surface area contributed by atoms with E-state index in [9.17, 15) is 29.8 Å². The fraction of sp³-hybridized carbons (Fsp3) is 0.129. The van der Waals surface area contributed by atoms with Crippen LogP contribution in [0.4, 0.5) is 22.7 Å². The van der Waals surface area contributed by atoms with Gasteiger partial charge in [0, 0.05) is 18.2 Å². The number of benzene rings is 4. The van der Waals surface area contributed by atoms with Crippen LogP contribution in [0.25, 0.3) is 0 Å². The number of nitrogens with zero attached hydrogens (tertiary/aromatic N) is 4. The lowest BCUT2D eigenvalue weighted by molar-refractivity contribution is -0.393. The molecule has 0 saturated carbocycles. The molecule has 43 heavy (non-hydrogen) atoms. The average molecular weight is 594 g/mol. The van der Waals surface area contributed by atoms with E-state index in [-0.39, 0.29) is 22.5 Å². The Kier molecular flexibility index (Phi) is 5.89. The van der Waals surface area contributed by atoms with Gasteiger partial charge >= 0.3 is 5.69 Å². The van der Waals surface area contributed by atoms with Crippen LogP contribution in [-0.4, -0.2) is 27.9 Å². The molecule has 4 aliphatic rings. The Morgan fingerprint density at radius 3 is 2.09 bits per heavy atom. The normalized spacial score (nSPS) is 23.2. The number of halogens is 1. The highest BCUT2D eigenvalue weighted by molar-refractivity contribution is 6.36. The first-order valence-corrected chi connectivity index (χ1v) is 13.7. The summed E-state index contributed by atoms with van der Waals surface area (Å²) in [4.78, 5) is 51.3. The first-order valence-electron chi connectivity index (χ1n) is 13.3. The van der Waals surface area contributed by atoms with Crippen molar-refractivity contribution in [3.05, 3.63) is 139 Å². The van der Waals surface area contributed by atoms with Crippen molar-refractivity contribution in [3.63, 3.8) is 0 Å². The van der Waals surface area contributed by atoms with Gasteiger partial charge in [-0.25, -0.2) is 4.90 Å². The highest BCUT2D eigenvalue weighted by Crippen LogP contribution is 2.63. The van der Waals surface area contributed by atoms with Gasteiger partial charge in [0.1, 0.15) is 5.69 Å². The largest absolute Gasteiger partial charge is 0.301 e. The summed E-state index contributed by atoms with van der Waals surface area (Å²) in [5, 5.41) is 27.6. The van der Waals surface area contributed by atoms with Gasteiger partial charge in [0.05, 0.1) is 43.9 Å². The maximum atomic E-state index is 14.4. The molecule has 0 radical (unpaired) electrons. The molecule has 4 aromatic carbocycles. The number of rotatable bonds is 6. The van der Waals surface area contributed by atoms with Gasteiger partial charge in [-0.2, -0.15) is 5.10 Å². The van der Waals surface area contributed by atoms with E-state index in [1.165, 1.54) is 17.2 Å². The Morgan fingerprint density at radius 1 is 0.837 bits per heavy atom. The van der Waals surface area contributed by atoms with E-state index >= 15 is 0 Å². The van der Waals surface area contributed by atoms with Crippen LogP contribution in [0, 0.1) is 32.1 Å². The summed E-state index contributed by atoms with van der Waals surface area (Å²) in [6, 6.07) is 25.1. The number of nitro benzene ring substituents is 2. The number of non-ortho nitro benzene ring substituents is 1. The summed E-state index contributed by atoms with van der Waals surface area (Å²) in [6.45, 7) is 0. The van der Waals surface area contributed by atoms with E-state index in [1.807, 2.05) is 48.5 Å². The Bertz CT molecular complexity index is 1880. The van der Waals surface area contributed by atoms with Crippen molar-refractivity contribution in [2.75, 3.05) is 10.3 Å². The zero-order valence-corrected chi connectivity index (χ0v) is 22.8. The molecule has 2 atom stereocenters. The van der Waals surface area contributed by atoms with Crippen molar-refractivity contribution in [3.8, 4) is 0 Å². The topological polar surface area (TPSA) is 148 Å². The van der Waals surface area contributed by atoms with E-state index < -0.39 is 44.4 Å². The SMILES string of the molecule is O=C1[C@@H]2C3c4ccccc4C(/C=N\Nc4ccc([N+](=O)[O-])cc4[N+](=O)[O-])(c4ccccc43)[C@H]2C(=O)N1c1ccccc1Cl. The number of para-hydroxylation sites is 1. The van der Waals surface area contributed by atoms with Crippen LogP contribution in [-0.2, 0) is 15.0 Å². The number of amides is 2. The lowest BCUT2D eigenvalue weighted by atomic mass is 9.47. The van der Waals surface area contributed by atoms with Gasteiger partial charge in [-0.05, 0) is 40.5 Å². The van der Waals surface area contributed by atoms with Gasteiger partial charge in [0.15, 0.2) is 0 Å². The van der Waals surface area contributed by atoms with E-state index in [1.54, 1.807) is 24.3 Å². The number of nitrogens with one attached hydrogen (secondary N) is 1. The van der Waals surface area contributed by atoms with Crippen molar-refractivity contribution in [1.29, 1.82) is 0 Å². The summed E-state index contributed by atoms with van der Waals surface area (Å²) < 4.78 is 0. The number of nitro groups is 2. The number of hydrogen-bond donors (Lipinski definition) is 1. The predicted molar refractivity (Wildman–Crippen MR) is 158 cm³/mol. The van der Waals surface area contributed by atoms with Crippen molar-refractivity contribution >= 4 is 52.4 Å². The van der Waals surface area contributed by atoms with Gasteiger partial charge in [0.2, 0.25) is 11.8 Å². The van der Waals surface area contributed by atoms with Gasteiger partial charge in [-0.1, -0.05) is 72.3 Å². The molecule has 1 heterocycles. The van der Waals surface area contributed by atoms with E-state index in [0.29, 0.717) is 5.69 Å². The second-order valence-corrected chi connectivity index (χ2v) is 11.0. The van der Waals surface area contributed by atoms with Gasteiger partial charge < -0.3 is 0 Å². The Morgan fingerprint density at radius 2 is 1.47 bits per heavy atom. The van der Waals surface area contributed by atoms with Crippen LogP contribution in [0.3, 0.4) is 0 Å². The summed E-state index contributed by atoms with van der Waals surface area (Å²) in [6.07, 6.45) is 1.53. The Balaban J connectivity index is 1.42. The molecule has 0 aromatic heterocycles. The molecule has 8 rings (SSSR count). The fourth-order valence-electron chi connectivity index (χ4n) is 7.00. The lowest BCUT2D eigenvalue weighted by Gasteiger charge is -2.52. The number of imide groups is 1. The van der Waals surface area contributed by atoms with Crippen LogP contribution in [0.15, 0.2) is 96.1 Å². The smallest absolute Gasteiger partial charge is 0.274 e. The number of carbonyl (C=O) groups is 2. The number of hydrazone groups is 1. The highest BCUT2D eigenvalue weighted by Gasteiger charge is 2.68. The summed E-state index contributed by atoms with van der Waals surface area (Å²) >= 11 is 6.48. The van der Waals surface area contributed by atoms with E-state index in [2.05, 4.69) is 10.5 Å². The molecule has 12 heteroatoms. The molecule has 1 saturated heterocycles. The Labute approximate surface area is 248 Å². The minimum atomic E-state index is -1.22. The third-order valence-electron chi connectivity index (χ3n) is 8.62. The molecule has 1 aliphatic heterocycles. The third-order valence-corrected chi connectivity index (χ3v) is 8.94. The molecule has 2 amide bonds. The number of hydrogen-bond acceptors (Lipinski definition) is 8.